The van der Waals surface area contributed by atoms with Gasteiger partial charge >= 0.3 is 0 Å². The summed E-state index contributed by atoms with van der Waals surface area (Å²) in [6.07, 6.45) is 0. The average molecular weight is 373 g/mol. The monoisotopic (exact) mass is 373 g/mol. The average Bonchev–Trinajstić information content (AvgIpc) is 2.95. The lowest BCUT2D eigenvalue weighted by Gasteiger charge is -2.10. The highest BCUT2D eigenvalue weighted by atomic mass is 32.1. The predicted molar refractivity (Wildman–Crippen MR) is 99.3 cm³/mol. The van der Waals surface area contributed by atoms with Gasteiger partial charge in [0.1, 0.15) is 22.6 Å². The zero-order chi connectivity index (χ0) is 19.4. The minimum atomic E-state index is -0.439. The van der Waals surface area contributed by atoms with Crippen molar-refractivity contribution in [3.05, 3.63) is 39.8 Å². The number of carbonyl (C=O) groups excluding carboxylic acids is 2. The van der Waals surface area contributed by atoms with Crippen LogP contribution in [0, 0.1) is 18.3 Å². The molecule has 0 saturated heterocycles. The Morgan fingerprint density at radius 2 is 1.92 bits per heavy atom. The first-order valence-electron chi connectivity index (χ1n) is 7.62. The van der Waals surface area contributed by atoms with E-state index in [4.69, 9.17) is 9.47 Å². The second-order valence-electron chi connectivity index (χ2n) is 5.59. The maximum absolute atomic E-state index is 12.7. The fraction of sp³-hybridized carbons (Fsp3) is 0.278. The Hall–Kier alpha value is -3.05. The molecule has 136 valence electrons. The Kier molecular flexibility index (Phi) is 5.85. The molecule has 26 heavy (non-hydrogen) atoms. The van der Waals surface area contributed by atoms with Gasteiger partial charge in [0.15, 0.2) is 0 Å². The first-order valence-corrected chi connectivity index (χ1v) is 8.44. The van der Waals surface area contributed by atoms with Gasteiger partial charge in [0.2, 0.25) is 0 Å². The van der Waals surface area contributed by atoms with Crippen LogP contribution in [-0.2, 0) is 0 Å². The van der Waals surface area contributed by atoms with E-state index in [1.165, 1.54) is 19.1 Å². The van der Waals surface area contributed by atoms with E-state index in [0.29, 0.717) is 32.5 Å². The number of hydrogen-bond donors (Lipinski definition) is 1. The summed E-state index contributed by atoms with van der Waals surface area (Å²) in [6, 6.07) is 6.87. The van der Waals surface area contributed by atoms with Crippen molar-refractivity contribution in [3.8, 4) is 17.6 Å². The molecule has 1 N–H and O–H groups in total. The second kappa shape index (κ2) is 7.89. The molecule has 0 atom stereocenters. The van der Waals surface area contributed by atoms with E-state index in [1.54, 1.807) is 39.2 Å². The minimum absolute atomic E-state index is 0.216. The Bertz CT molecular complexity index is 897. The molecule has 0 fully saturated rings. The van der Waals surface area contributed by atoms with E-state index in [2.05, 4.69) is 11.4 Å². The molecule has 0 radical (unpaired) electrons. The number of rotatable bonds is 5. The molecule has 1 aromatic heterocycles. The summed E-state index contributed by atoms with van der Waals surface area (Å²) in [5.74, 6) is 0.248. The highest BCUT2D eigenvalue weighted by Crippen LogP contribution is 2.34. The van der Waals surface area contributed by atoms with Crippen LogP contribution in [0.25, 0.3) is 0 Å². The number of benzene rings is 1. The van der Waals surface area contributed by atoms with Crippen molar-refractivity contribution in [1.29, 1.82) is 5.26 Å². The third-order valence-electron chi connectivity index (χ3n) is 3.74. The van der Waals surface area contributed by atoms with Crippen LogP contribution in [0.5, 0.6) is 11.5 Å². The number of nitrogens with one attached hydrogen (secondary N) is 1. The summed E-state index contributed by atoms with van der Waals surface area (Å²) >= 11 is 1.08. The number of nitrogens with zero attached hydrogens (tertiary/aromatic N) is 2. The Morgan fingerprint density at radius 1 is 1.23 bits per heavy atom. The topological polar surface area (TPSA) is 91.7 Å². The first-order chi connectivity index (χ1) is 12.3. The number of anilines is 1. The van der Waals surface area contributed by atoms with Gasteiger partial charge in [-0.2, -0.15) is 5.26 Å². The third-order valence-corrected chi connectivity index (χ3v) is 4.93. The number of thiophene rings is 1. The lowest BCUT2D eigenvalue weighted by molar-refractivity contribution is 0.0831. The second-order valence-corrected chi connectivity index (χ2v) is 6.61. The van der Waals surface area contributed by atoms with Gasteiger partial charge in [-0.3, -0.25) is 9.59 Å². The SMILES string of the molecule is COc1ccc(C(=O)Nc2sc(C(=O)N(C)C)c(C)c2C#N)c(OC)c1. The summed E-state index contributed by atoms with van der Waals surface area (Å²) in [7, 11) is 6.24. The fourth-order valence-electron chi connectivity index (χ4n) is 2.30. The van der Waals surface area contributed by atoms with Gasteiger partial charge in [0.25, 0.3) is 11.8 Å². The van der Waals surface area contributed by atoms with E-state index >= 15 is 0 Å². The number of methoxy groups -OCH3 is 2. The molecule has 0 aliphatic carbocycles. The lowest BCUT2D eigenvalue weighted by atomic mass is 10.1. The number of amides is 2. The molecule has 7 nitrogen and oxygen atoms in total. The Balaban J connectivity index is 2.40. The van der Waals surface area contributed by atoms with Crippen molar-refractivity contribution in [2.45, 2.75) is 6.92 Å². The summed E-state index contributed by atoms with van der Waals surface area (Å²) in [6.45, 7) is 1.69. The molecule has 0 aliphatic heterocycles. The van der Waals surface area contributed by atoms with E-state index in [9.17, 15) is 14.9 Å². The zero-order valence-corrected chi connectivity index (χ0v) is 16.0. The largest absolute Gasteiger partial charge is 0.497 e. The van der Waals surface area contributed by atoms with Crippen molar-refractivity contribution in [2.24, 2.45) is 0 Å². The maximum atomic E-state index is 12.7. The molecule has 0 aliphatic rings. The zero-order valence-electron chi connectivity index (χ0n) is 15.2. The van der Waals surface area contributed by atoms with E-state index in [1.807, 2.05) is 0 Å². The van der Waals surface area contributed by atoms with Crippen LogP contribution in [0.2, 0.25) is 0 Å². The highest BCUT2D eigenvalue weighted by Gasteiger charge is 2.23. The molecule has 0 saturated carbocycles. The number of hydrogen-bond acceptors (Lipinski definition) is 6. The number of carbonyl (C=O) groups is 2. The molecular formula is C18H19N3O4S. The summed E-state index contributed by atoms with van der Waals surface area (Å²) in [4.78, 5) is 26.8. The molecule has 2 aromatic rings. The smallest absolute Gasteiger partial charge is 0.263 e. The summed E-state index contributed by atoms with van der Waals surface area (Å²) < 4.78 is 10.4. The van der Waals surface area contributed by atoms with Crippen LogP contribution >= 0.6 is 11.3 Å². The van der Waals surface area contributed by atoms with Gasteiger partial charge in [-0.05, 0) is 24.6 Å². The Morgan fingerprint density at radius 3 is 2.46 bits per heavy atom. The van der Waals surface area contributed by atoms with Crippen LogP contribution < -0.4 is 14.8 Å². The van der Waals surface area contributed by atoms with Crippen LogP contribution in [0.3, 0.4) is 0 Å². The van der Waals surface area contributed by atoms with Crippen LogP contribution in [0.1, 0.15) is 31.2 Å². The van der Waals surface area contributed by atoms with Crippen LogP contribution in [0.15, 0.2) is 18.2 Å². The first kappa shape index (κ1) is 19.3. The van der Waals surface area contributed by atoms with Gasteiger partial charge in [0, 0.05) is 20.2 Å². The molecule has 2 rings (SSSR count). The van der Waals surface area contributed by atoms with Crippen molar-refractivity contribution in [2.75, 3.05) is 33.6 Å². The summed E-state index contributed by atoms with van der Waals surface area (Å²) in [5, 5.41) is 12.5. The van der Waals surface area contributed by atoms with Gasteiger partial charge < -0.3 is 19.7 Å². The number of nitriles is 1. The molecule has 0 spiro atoms. The molecule has 1 aromatic carbocycles. The maximum Gasteiger partial charge on any atom is 0.263 e. The lowest BCUT2D eigenvalue weighted by Crippen LogP contribution is -2.21. The molecule has 0 bridgehead atoms. The Labute approximate surface area is 155 Å². The number of ether oxygens (including phenoxy) is 2. The van der Waals surface area contributed by atoms with E-state index in [-0.39, 0.29) is 11.5 Å². The standard InChI is InChI=1S/C18H19N3O4S/c1-10-13(9-19)17(26-15(10)18(23)21(2)3)20-16(22)12-7-6-11(24-4)8-14(12)25-5/h6-8H,1-5H3,(H,20,22). The summed E-state index contributed by atoms with van der Waals surface area (Å²) in [5.41, 5.74) is 1.12. The molecule has 8 heteroatoms. The minimum Gasteiger partial charge on any atom is -0.497 e. The third kappa shape index (κ3) is 3.63. The van der Waals surface area contributed by atoms with Gasteiger partial charge in [-0.15, -0.1) is 11.3 Å². The molecular weight excluding hydrogens is 354 g/mol. The van der Waals surface area contributed by atoms with Crippen molar-refractivity contribution in [1.82, 2.24) is 4.90 Å². The molecule has 0 unspecified atom stereocenters. The quantitative estimate of drug-likeness (QED) is 0.870. The van der Waals surface area contributed by atoms with Gasteiger partial charge in [0.05, 0.1) is 30.2 Å². The van der Waals surface area contributed by atoms with E-state index in [0.717, 1.165) is 11.3 Å². The van der Waals surface area contributed by atoms with Crippen LogP contribution in [0.4, 0.5) is 5.00 Å². The normalized spacial score (nSPS) is 10.0. The molecule has 2 amide bonds. The van der Waals surface area contributed by atoms with Crippen molar-refractivity contribution in [3.63, 3.8) is 0 Å². The predicted octanol–water partition coefficient (Wildman–Crippen LogP) is 2.90. The van der Waals surface area contributed by atoms with Crippen molar-refractivity contribution < 1.29 is 19.1 Å². The van der Waals surface area contributed by atoms with Gasteiger partial charge in [-0.1, -0.05) is 0 Å². The molecule has 1 heterocycles. The van der Waals surface area contributed by atoms with E-state index < -0.39 is 5.91 Å². The van der Waals surface area contributed by atoms with Gasteiger partial charge in [-0.25, -0.2) is 0 Å². The highest BCUT2D eigenvalue weighted by molar-refractivity contribution is 7.18. The van der Waals surface area contributed by atoms with Crippen LogP contribution in [-0.4, -0.2) is 45.0 Å². The fourth-order valence-corrected chi connectivity index (χ4v) is 3.47. The van der Waals surface area contributed by atoms with Crippen molar-refractivity contribution >= 4 is 28.2 Å².